The molecule has 90 valence electrons. The van der Waals surface area contributed by atoms with E-state index >= 15 is 0 Å². The van der Waals surface area contributed by atoms with Crippen molar-refractivity contribution in [2.75, 3.05) is 0 Å². The highest BCUT2D eigenvalue weighted by Crippen LogP contribution is 2.24. The lowest BCUT2D eigenvalue weighted by molar-refractivity contribution is 0.107. The highest BCUT2D eigenvalue weighted by Gasteiger charge is 2.36. The SMILES string of the molecule is Cn1nc(S(=O)(=O)C(F)F)c(C(=O)Cl)c1F. The van der Waals surface area contributed by atoms with Crippen LogP contribution in [-0.2, 0) is 16.9 Å². The van der Waals surface area contributed by atoms with Gasteiger partial charge in [-0.3, -0.25) is 4.79 Å². The summed E-state index contributed by atoms with van der Waals surface area (Å²) in [7, 11) is -4.22. The number of hydrogen-bond donors (Lipinski definition) is 0. The molecule has 0 aliphatic heterocycles. The summed E-state index contributed by atoms with van der Waals surface area (Å²) in [6, 6.07) is 0. The number of carbonyl (C=O) groups excluding carboxylic acids is 1. The topological polar surface area (TPSA) is 69.0 Å². The van der Waals surface area contributed by atoms with Crippen LogP contribution in [0.2, 0.25) is 0 Å². The summed E-state index contributed by atoms with van der Waals surface area (Å²) in [5, 5.41) is 0.125. The maximum atomic E-state index is 13.2. The third-order valence-corrected chi connectivity index (χ3v) is 3.13. The molecule has 16 heavy (non-hydrogen) atoms. The van der Waals surface area contributed by atoms with Gasteiger partial charge in [-0.05, 0) is 11.6 Å². The van der Waals surface area contributed by atoms with Crippen molar-refractivity contribution in [1.29, 1.82) is 0 Å². The van der Waals surface area contributed by atoms with E-state index in [2.05, 4.69) is 5.10 Å². The second-order valence-electron chi connectivity index (χ2n) is 2.67. The molecule has 0 bridgehead atoms. The molecular formula is C6H4ClF3N2O3S. The predicted octanol–water partition coefficient (Wildman–Crippen LogP) is 0.935. The van der Waals surface area contributed by atoms with Gasteiger partial charge in [0.1, 0.15) is 5.56 Å². The third kappa shape index (κ3) is 1.92. The summed E-state index contributed by atoms with van der Waals surface area (Å²) in [5.41, 5.74) is -1.18. The number of alkyl halides is 2. The lowest BCUT2D eigenvalue weighted by Gasteiger charge is -1.99. The van der Waals surface area contributed by atoms with Gasteiger partial charge in [0.15, 0.2) is 5.03 Å². The molecule has 5 nitrogen and oxygen atoms in total. The zero-order chi connectivity index (χ0) is 12.7. The lowest BCUT2D eigenvalue weighted by atomic mass is 10.4. The Bertz CT molecular complexity index is 539. The van der Waals surface area contributed by atoms with Crippen LogP contribution in [0.1, 0.15) is 10.4 Å². The molecule has 0 amide bonds. The van der Waals surface area contributed by atoms with E-state index in [-0.39, 0.29) is 0 Å². The number of rotatable bonds is 3. The molecule has 0 radical (unpaired) electrons. The number of carbonyl (C=O) groups is 1. The molecule has 10 heteroatoms. The Morgan fingerprint density at radius 2 is 2.00 bits per heavy atom. The Morgan fingerprint density at radius 1 is 1.50 bits per heavy atom. The van der Waals surface area contributed by atoms with Gasteiger partial charge >= 0.3 is 5.76 Å². The molecule has 0 fully saturated rings. The summed E-state index contributed by atoms with van der Waals surface area (Å²) in [6.45, 7) is 0. The van der Waals surface area contributed by atoms with E-state index in [9.17, 15) is 26.4 Å². The molecule has 0 unspecified atom stereocenters. The van der Waals surface area contributed by atoms with Gasteiger partial charge in [-0.15, -0.1) is 0 Å². The minimum Gasteiger partial charge on any atom is -0.275 e. The van der Waals surface area contributed by atoms with Crippen molar-refractivity contribution < 1.29 is 26.4 Å². The first kappa shape index (κ1) is 13.0. The van der Waals surface area contributed by atoms with Crippen molar-refractivity contribution in [1.82, 2.24) is 9.78 Å². The van der Waals surface area contributed by atoms with E-state index in [1.165, 1.54) is 0 Å². The summed E-state index contributed by atoms with van der Waals surface area (Å²) in [5.74, 6) is -5.20. The number of halogens is 4. The monoisotopic (exact) mass is 276 g/mol. The number of sulfone groups is 1. The number of aryl methyl sites for hydroxylation is 1. The first-order chi connectivity index (χ1) is 7.19. The van der Waals surface area contributed by atoms with Crippen molar-refractivity contribution in [3.05, 3.63) is 11.5 Å². The second-order valence-corrected chi connectivity index (χ2v) is 4.85. The zero-order valence-corrected chi connectivity index (χ0v) is 9.19. The standard InChI is InChI=1S/C6H4ClF3N2O3S/c1-12-4(8)2(3(7)13)5(11-12)16(14,15)6(9)10/h6H,1H3. The van der Waals surface area contributed by atoms with Crippen LogP contribution in [0, 0.1) is 5.95 Å². The van der Waals surface area contributed by atoms with Crippen LogP contribution in [0.4, 0.5) is 13.2 Å². The Labute approximate surface area is 92.7 Å². The van der Waals surface area contributed by atoms with Gasteiger partial charge in [0.05, 0.1) is 0 Å². The van der Waals surface area contributed by atoms with Crippen LogP contribution < -0.4 is 0 Å². The fourth-order valence-corrected chi connectivity index (χ4v) is 2.02. The van der Waals surface area contributed by atoms with Gasteiger partial charge in [0, 0.05) is 7.05 Å². The van der Waals surface area contributed by atoms with Crippen LogP contribution in [0.3, 0.4) is 0 Å². The third-order valence-electron chi connectivity index (χ3n) is 1.65. The van der Waals surface area contributed by atoms with Crippen LogP contribution >= 0.6 is 11.6 Å². The fourth-order valence-electron chi connectivity index (χ4n) is 0.929. The van der Waals surface area contributed by atoms with Gasteiger partial charge < -0.3 is 0 Å². The maximum Gasteiger partial charge on any atom is 0.342 e. The largest absolute Gasteiger partial charge is 0.342 e. The number of aromatic nitrogens is 2. The first-order valence-corrected chi connectivity index (χ1v) is 5.56. The molecule has 1 heterocycles. The van der Waals surface area contributed by atoms with E-state index in [1.807, 2.05) is 0 Å². The summed E-state index contributed by atoms with van der Waals surface area (Å²) < 4.78 is 59.9. The average Bonchev–Trinajstić information content (AvgIpc) is 2.43. The molecular weight excluding hydrogens is 273 g/mol. The van der Waals surface area contributed by atoms with Crippen LogP contribution in [0.15, 0.2) is 5.03 Å². The zero-order valence-electron chi connectivity index (χ0n) is 7.62. The molecule has 0 spiro atoms. The minimum absolute atomic E-state index is 0.338. The summed E-state index contributed by atoms with van der Waals surface area (Å²) in [4.78, 5) is 10.7. The smallest absolute Gasteiger partial charge is 0.275 e. The Kier molecular flexibility index (Phi) is 3.29. The van der Waals surface area contributed by atoms with Gasteiger partial charge in [0.2, 0.25) is 5.95 Å². The molecule has 0 aromatic carbocycles. The van der Waals surface area contributed by atoms with Crippen LogP contribution in [-0.4, -0.2) is 29.2 Å². The Morgan fingerprint density at radius 3 is 2.38 bits per heavy atom. The van der Waals surface area contributed by atoms with E-state index in [4.69, 9.17) is 11.6 Å². The molecule has 1 aromatic rings. The normalized spacial score (nSPS) is 12.1. The van der Waals surface area contributed by atoms with Crippen molar-refractivity contribution in [3.8, 4) is 0 Å². The Balaban J connectivity index is 3.59. The van der Waals surface area contributed by atoms with Crippen LogP contribution in [0.5, 0.6) is 0 Å². The predicted molar refractivity (Wildman–Crippen MR) is 46.5 cm³/mol. The fraction of sp³-hybridized carbons (Fsp3) is 0.333. The molecule has 0 aliphatic rings. The van der Waals surface area contributed by atoms with Gasteiger partial charge in [-0.25, -0.2) is 13.1 Å². The summed E-state index contributed by atoms with van der Waals surface area (Å²) in [6.07, 6.45) is 0. The molecule has 0 saturated heterocycles. The molecule has 0 aliphatic carbocycles. The Hall–Kier alpha value is -1.09. The maximum absolute atomic E-state index is 13.2. The van der Waals surface area contributed by atoms with Crippen LogP contribution in [0.25, 0.3) is 0 Å². The number of hydrogen-bond acceptors (Lipinski definition) is 4. The summed E-state index contributed by atoms with van der Waals surface area (Å²) >= 11 is 4.90. The van der Waals surface area contributed by atoms with E-state index < -0.39 is 37.4 Å². The van der Waals surface area contributed by atoms with Crippen molar-refractivity contribution >= 4 is 26.7 Å². The van der Waals surface area contributed by atoms with E-state index in [0.29, 0.717) is 4.68 Å². The van der Waals surface area contributed by atoms with Gasteiger partial charge in [-0.2, -0.15) is 18.3 Å². The molecule has 0 saturated carbocycles. The number of nitrogens with zero attached hydrogens (tertiary/aromatic N) is 2. The second kappa shape index (κ2) is 4.06. The minimum atomic E-state index is -5.16. The van der Waals surface area contributed by atoms with E-state index in [0.717, 1.165) is 7.05 Å². The molecule has 0 N–H and O–H groups in total. The van der Waals surface area contributed by atoms with Crippen molar-refractivity contribution in [2.24, 2.45) is 7.05 Å². The highest BCUT2D eigenvalue weighted by atomic mass is 35.5. The van der Waals surface area contributed by atoms with Gasteiger partial charge in [-0.1, -0.05) is 0 Å². The van der Waals surface area contributed by atoms with E-state index in [1.54, 1.807) is 0 Å². The lowest BCUT2D eigenvalue weighted by Crippen LogP contribution is -2.15. The van der Waals surface area contributed by atoms with Gasteiger partial charge in [0.25, 0.3) is 15.1 Å². The van der Waals surface area contributed by atoms with Crippen molar-refractivity contribution in [2.45, 2.75) is 10.8 Å². The first-order valence-electron chi connectivity index (χ1n) is 3.64. The quantitative estimate of drug-likeness (QED) is 0.770. The molecule has 1 rings (SSSR count). The molecule has 0 atom stereocenters. The van der Waals surface area contributed by atoms with Crippen molar-refractivity contribution in [3.63, 3.8) is 0 Å². The molecule has 1 aromatic heterocycles. The average molecular weight is 277 g/mol. The highest BCUT2D eigenvalue weighted by molar-refractivity contribution is 7.91.